The summed E-state index contributed by atoms with van der Waals surface area (Å²) >= 11 is 0. The molecule has 0 saturated heterocycles. The molecule has 2 heterocycles. The number of alkyl halides is 3. The molecule has 268 valence electrons. The quantitative estimate of drug-likeness (QED) is 0.0905. The number of hydrogen-bond donors (Lipinski definition) is 1. The van der Waals surface area contributed by atoms with Gasteiger partial charge in [-0.2, -0.15) is 18.3 Å². The Morgan fingerprint density at radius 2 is 1.61 bits per heavy atom. The van der Waals surface area contributed by atoms with Crippen molar-refractivity contribution in [1.82, 2.24) is 24.4 Å². The summed E-state index contributed by atoms with van der Waals surface area (Å²) in [5.74, 6) is -2.59. The van der Waals surface area contributed by atoms with Gasteiger partial charge in [0.05, 0.1) is 39.4 Å². The van der Waals surface area contributed by atoms with Crippen LogP contribution in [0.25, 0.3) is 16.9 Å². The molecule has 18 heteroatoms. The number of benzene rings is 3. The van der Waals surface area contributed by atoms with E-state index in [-0.39, 0.29) is 39.8 Å². The number of aryl methyl sites for hydroxylation is 1. The van der Waals surface area contributed by atoms with Crippen molar-refractivity contribution in [2.24, 2.45) is 11.2 Å². The van der Waals surface area contributed by atoms with Crippen LogP contribution in [0.3, 0.4) is 0 Å². The predicted molar refractivity (Wildman–Crippen MR) is 174 cm³/mol. The standard InChI is InChI=1S/C33H32F3N7O7S/c1-20(2)17-28(40(4)43(47)39-50-19-41-31(45)25-7-5-6-8-26(25)32(41)46)30(44)38-51(48,49)24-15-13-23(14-16-24)42-27(18-29(37-42)33(34,35)36)22-11-9-21(3)10-12-22/h5-16,18,20,28H,17,19H2,1-4H3,(H,38,44)/b43-39-/t28-/m0/s1. The maximum atomic E-state index is 13.6. The summed E-state index contributed by atoms with van der Waals surface area (Å²) in [6.45, 7) is 4.59. The van der Waals surface area contributed by atoms with Gasteiger partial charge in [0.1, 0.15) is 0 Å². The number of nitrogens with one attached hydrogen (secondary N) is 1. The molecule has 0 aliphatic carbocycles. The highest BCUT2D eigenvalue weighted by atomic mass is 32.2. The third-order valence-electron chi connectivity index (χ3n) is 7.88. The fourth-order valence-corrected chi connectivity index (χ4v) is 6.23. The first-order valence-electron chi connectivity index (χ1n) is 15.4. The average Bonchev–Trinajstić information content (AvgIpc) is 3.64. The Balaban J connectivity index is 1.31. The minimum Gasteiger partial charge on any atom is -0.569 e. The second-order valence-electron chi connectivity index (χ2n) is 12.0. The second-order valence-corrected chi connectivity index (χ2v) is 13.7. The van der Waals surface area contributed by atoms with Gasteiger partial charge in [0, 0.05) is 5.56 Å². The lowest BCUT2D eigenvalue weighted by molar-refractivity contribution is -0.710. The van der Waals surface area contributed by atoms with Crippen molar-refractivity contribution < 1.29 is 45.8 Å². The molecule has 0 spiro atoms. The molecule has 4 aromatic rings. The molecule has 51 heavy (non-hydrogen) atoms. The molecule has 1 aliphatic rings. The van der Waals surface area contributed by atoms with Gasteiger partial charge in [0.15, 0.2) is 11.7 Å². The van der Waals surface area contributed by atoms with E-state index in [1.54, 1.807) is 50.2 Å². The number of amides is 3. The van der Waals surface area contributed by atoms with Crippen LogP contribution in [0.2, 0.25) is 0 Å². The molecular weight excluding hydrogens is 695 g/mol. The molecule has 3 aromatic carbocycles. The first-order valence-corrected chi connectivity index (χ1v) is 16.9. The van der Waals surface area contributed by atoms with Gasteiger partial charge in [-0.05, 0) is 61.7 Å². The van der Waals surface area contributed by atoms with Crippen molar-refractivity contribution in [1.29, 1.82) is 0 Å². The number of imide groups is 1. The van der Waals surface area contributed by atoms with E-state index in [4.69, 9.17) is 4.84 Å². The van der Waals surface area contributed by atoms with Gasteiger partial charge in [0.25, 0.3) is 27.7 Å². The number of sulfonamides is 1. The van der Waals surface area contributed by atoms with Gasteiger partial charge >= 0.3 is 6.18 Å². The van der Waals surface area contributed by atoms with Gasteiger partial charge in [-0.15, -0.1) is 5.01 Å². The zero-order valence-electron chi connectivity index (χ0n) is 27.7. The van der Waals surface area contributed by atoms with E-state index >= 15 is 0 Å². The summed E-state index contributed by atoms with van der Waals surface area (Å²) in [7, 11) is -3.38. The van der Waals surface area contributed by atoms with Gasteiger partial charge in [-0.3, -0.25) is 14.4 Å². The Hall–Kier alpha value is -5.78. The summed E-state index contributed by atoms with van der Waals surface area (Å²) in [5, 5.41) is 20.6. The number of hydrazine groups is 1. The van der Waals surface area contributed by atoms with Crippen LogP contribution in [0.5, 0.6) is 0 Å². The summed E-state index contributed by atoms with van der Waals surface area (Å²) in [5.41, 5.74) is 0.757. The van der Waals surface area contributed by atoms with Gasteiger partial charge in [-0.1, -0.05) is 55.8 Å². The third-order valence-corrected chi connectivity index (χ3v) is 9.25. The summed E-state index contributed by atoms with van der Waals surface area (Å²) in [4.78, 5) is 43.6. The number of nitrogens with zero attached hydrogens (tertiary/aromatic N) is 6. The molecule has 0 radical (unpaired) electrons. The molecule has 14 nitrogen and oxygen atoms in total. The molecule has 1 N–H and O–H groups in total. The highest BCUT2D eigenvalue weighted by Crippen LogP contribution is 2.33. The average molecular weight is 728 g/mol. The normalized spacial score (nSPS) is 14.1. The van der Waals surface area contributed by atoms with E-state index in [2.05, 4.69) is 10.4 Å². The second kappa shape index (κ2) is 14.2. The van der Waals surface area contributed by atoms with Crippen LogP contribution in [0.15, 0.2) is 89.0 Å². The van der Waals surface area contributed by atoms with E-state index < -0.39 is 57.3 Å². The Morgan fingerprint density at radius 1 is 1.02 bits per heavy atom. The van der Waals surface area contributed by atoms with E-state index in [0.29, 0.717) is 5.56 Å². The van der Waals surface area contributed by atoms with Crippen molar-refractivity contribution in [3.63, 3.8) is 0 Å². The first kappa shape index (κ1) is 36.5. The lowest BCUT2D eigenvalue weighted by Crippen LogP contribution is -2.49. The molecule has 0 fully saturated rings. The summed E-state index contributed by atoms with van der Waals surface area (Å²) < 4.78 is 70.3. The largest absolute Gasteiger partial charge is 0.569 e. The van der Waals surface area contributed by atoms with Crippen molar-refractivity contribution in [3.05, 3.63) is 106 Å². The third kappa shape index (κ3) is 7.85. The molecule has 1 atom stereocenters. The van der Waals surface area contributed by atoms with Gasteiger partial charge in [0.2, 0.25) is 12.0 Å². The zero-order chi connectivity index (χ0) is 37.2. The Bertz CT molecular complexity index is 2060. The lowest BCUT2D eigenvalue weighted by Gasteiger charge is -2.24. The molecule has 0 unspecified atom stereocenters. The number of carbonyl (C=O) groups is 3. The highest BCUT2D eigenvalue weighted by Gasteiger charge is 2.37. The number of halogens is 3. The monoisotopic (exact) mass is 727 g/mol. The zero-order valence-corrected chi connectivity index (χ0v) is 28.5. The number of fused-ring (bicyclic) bond motifs is 1. The number of rotatable bonds is 12. The number of hydrogen-bond acceptors (Lipinski definition) is 9. The maximum Gasteiger partial charge on any atom is 0.435 e. The minimum atomic E-state index is -4.74. The maximum absolute atomic E-state index is 13.6. The minimum absolute atomic E-state index is 0.00785. The molecule has 3 amide bonds. The van der Waals surface area contributed by atoms with E-state index in [1.165, 1.54) is 31.3 Å². The van der Waals surface area contributed by atoms with Crippen molar-refractivity contribution in [2.45, 2.75) is 44.3 Å². The summed E-state index contributed by atoms with van der Waals surface area (Å²) in [6.07, 6.45) is -4.75. The molecule has 1 aromatic heterocycles. The fourth-order valence-electron chi connectivity index (χ4n) is 5.21. The smallest absolute Gasteiger partial charge is 0.435 e. The Kier molecular flexibility index (Phi) is 10.2. The number of aromatic nitrogens is 2. The van der Waals surface area contributed by atoms with Crippen LogP contribution in [0.4, 0.5) is 13.2 Å². The van der Waals surface area contributed by atoms with E-state index in [1.807, 2.05) is 11.6 Å². The fraction of sp³-hybridized carbons (Fsp3) is 0.273. The van der Waals surface area contributed by atoms with Crippen molar-refractivity contribution >= 4 is 27.7 Å². The van der Waals surface area contributed by atoms with Crippen LogP contribution >= 0.6 is 0 Å². The topological polar surface area (TPSA) is 169 Å². The van der Waals surface area contributed by atoms with Crippen molar-refractivity contribution in [3.8, 4) is 16.9 Å². The SMILES string of the molecule is Cc1ccc(-c2cc(C(F)(F)F)nn2-c2ccc(S(=O)(=O)NC(=O)[C@H](CC(C)C)N(C)/[N+]([O-])=N/OCN3C(=O)c4ccccc4C3=O)cc2)cc1. The van der Waals surface area contributed by atoms with Crippen LogP contribution < -0.4 is 4.72 Å². The molecule has 1 aliphatic heterocycles. The lowest BCUT2D eigenvalue weighted by atomic mass is 10.0. The van der Waals surface area contributed by atoms with Crippen LogP contribution in [0, 0.1) is 18.0 Å². The molecular formula is C33H32F3N7O7S. The van der Waals surface area contributed by atoms with E-state index in [9.17, 15) is 41.2 Å². The Labute approximate surface area is 290 Å². The Morgan fingerprint density at radius 3 is 2.16 bits per heavy atom. The highest BCUT2D eigenvalue weighted by molar-refractivity contribution is 7.90. The molecule has 0 saturated carbocycles. The van der Waals surface area contributed by atoms with Crippen LogP contribution in [-0.4, -0.2) is 70.6 Å². The van der Waals surface area contributed by atoms with Crippen LogP contribution in [-0.2, 0) is 25.8 Å². The van der Waals surface area contributed by atoms with Gasteiger partial charge < -0.3 is 10.0 Å². The van der Waals surface area contributed by atoms with Crippen molar-refractivity contribution in [2.75, 3.05) is 13.8 Å². The first-order chi connectivity index (χ1) is 24.0. The molecule has 5 rings (SSSR count). The van der Waals surface area contributed by atoms with Gasteiger partial charge in [-0.25, -0.2) is 22.7 Å². The predicted octanol–water partition coefficient (Wildman–Crippen LogP) is 5.08. The summed E-state index contributed by atoms with van der Waals surface area (Å²) in [6, 6.07) is 17.0. The number of likely N-dealkylation sites (N-methyl/N-ethyl adjacent to an activating group) is 1. The molecule has 0 bridgehead atoms. The van der Waals surface area contributed by atoms with E-state index in [0.717, 1.165) is 38.4 Å². The number of carbonyl (C=O) groups excluding carboxylic acids is 3. The van der Waals surface area contributed by atoms with Crippen LogP contribution in [0.1, 0.15) is 52.2 Å².